The van der Waals surface area contributed by atoms with Crippen molar-refractivity contribution in [2.45, 2.75) is 32.9 Å². The van der Waals surface area contributed by atoms with Gasteiger partial charge in [-0.05, 0) is 42.7 Å². The summed E-state index contributed by atoms with van der Waals surface area (Å²) in [6.45, 7) is 5.72. The predicted octanol–water partition coefficient (Wildman–Crippen LogP) is 4.77. The first-order valence-electron chi connectivity index (χ1n) is 7.75. The molecule has 2 rings (SSSR count). The Morgan fingerprint density at radius 1 is 0.960 bits per heavy atom. The molecule has 2 N–H and O–H groups in total. The van der Waals surface area contributed by atoms with Gasteiger partial charge in [-0.2, -0.15) is 0 Å². The normalized spacial score (nSPS) is 12.0. The highest BCUT2D eigenvalue weighted by atomic mass is 19.2. The van der Waals surface area contributed by atoms with E-state index in [0.717, 1.165) is 17.7 Å². The smallest absolute Gasteiger partial charge is 0.322 e. The number of halogens is 3. The largest absolute Gasteiger partial charge is 0.471 e. The van der Waals surface area contributed by atoms with E-state index in [9.17, 15) is 18.0 Å². The lowest BCUT2D eigenvalue weighted by Crippen LogP contribution is -2.39. The maximum Gasteiger partial charge on any atom is 0.322 e. The van der Waals surface area contributed by atoms with Gasteiger partial charge in [0.25, 0.3) is 0 Å². The van der Waals surface area contributed by atoms with Gasteiger partial charge in [0.05, 0.1) is 5.69 Å². The van der Waals surface area contributed by atoms with Crippen LogP contribution < -0.4 is 15.4 Å². The quantitative estimate of drug-likeness (QED) is 0.601. The topological polar surface area (TPSA) is 50.4 Å². The molecule has 0 saturated carbocycles. The van der Waals surface area contributed by atoms with Gasteiger partial charge in [0.2, 0.25) is 0 Å². The van der Waals surface area contributed by atoms with Crippen LogP contribution in [0.15, 0.2) is 36.4 Å². The molecule has 0 bridgehead atoms. The number of anilines is 1. The van der Waals surface area contributed by atoms with Crippen molar-refractivity contribution in [1.29, 1.82) is 0 Å². The minimum atomic E-state index is -1.65. The van der Waals surface area contributed by atoms with Crippen molar-refractivity contribution in [1.82, 2.24) is 5.32 Å². The Bertz CT molecular complexity index is 749. The van der Waals surface area contributed by atoms with Crippen molar-refractivity contribution >= 4 is 11.7 Å². The van der Waals surface area contributed by atoms with Crippen LogP contribution in [0.5, 0.6) is 5.75 Å². The van der Waals surface area contributed by atoms with Crippen LogP contribution in [-0.2, 0) is 0 Å². The fourth-order valence-corrected chi connectivity index (χ4v) is 2.13. The fraction of sp³-hybridized carbons (Fsp3) is 0.278. The van der Waals surface area contributed by atoms with E-state index < -0.39 is 35.4 Å². The van der Waals surface area contributed by atoms with Crippen LogP contribution in [0.2, 0.25) is 0 Å². The molecule has 134 valence electrons. The molecule has 4 nitrogen and oxygen atoms in total. The number of benzene rings is 2. The van der Waals surface area contributed by atoms with Crippen LogP contribution in [0, 0.1) is 17.5 Å². The van der Waals surface area contributed by atoms with E-state index in [-0.39, 0.29) is 0 Å². The molecule has 0 aliphatic heterocycles. The molecule has 2 aromatic rings. The summed E-state index contributed by atoms with van der Waals surface area (Å²) in [5.41, 5.74) is 0.685. The maximum atomic E-state index is 13.5. The summed E-state index contributed by atoms with van der Waals surface area (Å²) in [6, 6.07) is 8.25. The van der Waals surface area contributed by atoms with E-state index in [2.05, 4.69) is 24.5 Å². The van der Waals surface area contributed by atoms with Gasteiger partial charge in [0.15, 0.2) is 23.7 Å². The molecule has 1 atom stereocenters. The fourth-order valence-electron chi connectivity index (χ4n) is 2.13. The number of rotatable bonds is 5. The minimum absolute atomic E-state index is 0.390. The summed E-state index contributed by atoms with van der Waals surface area (Å²) < 4.78 is 45.1. The van der Waals surface area contributed by atoms with E-state index in [1.54, 1.807) is 19.1 Å². The van der Waals surface area contributed by atoms with Gasteiger partial charge in [-0.25, -0.2) is 18.0 Å². The molecule has 0 aliphatic rings. The maximum absolute atomic E-state index is 13.5. The Morgan fingerprint density at radius 2 is 1.60 bits per heavy atom. The van der Waals surface area contributed by atoms with Gasteiger partial charge < -0.3 is 15.4 Å². The number of carbonyl (C=O) groups excluding carboxylic acids is 1. The number of urea groups is 1. The standard InChI is InChI=1S/C18H19F3N2O2/c1-10(2)12-4-6-13(7-5-12)25-11(3)22-18(24)23-15-9-8-14(19)16(20)17(15)21/h4-11H,1-3H3,(H2,22,23,24). The van der Waals surface area contributed by atoms with Gasteiger partial charge in [0, 0.05) is 0 Å². The van der Waals surface area contributed by atoms with Crippen molar-refractivity contribution in [3.05, 3.63) is 59.4 Å². The third kappa shape index (κ3) is 4.89. The Labute approximate surface area is 144 Å². The van der Waals surface area contributed by atoms with E-state index in [0.29, 0.717) is 11.7 Å². The third-order valence-electron chi connectivity index (χ3n) is 3.48. The number of amides is 2. The number of hydrogen-bond acceptors (Lipinski definition) is 2. The second-order valence-electron chi connectivity index (χ2n) is 5.81. The zero-order chi connectivity index (χ0) is 18.6. The molecular weight excluding hydrogens is 333 g/mol. The average molecular weight is 352 g/mol. The highest BCUT2D eigenvalue weighted by Gasteiger charge is 2.16. The molecule has 2 aromatic carbocycles. The summed E-state index contributed by atoms with van der Waals surface area (Å²) in [5.74, 6) is -3.50. The molecule has 25 heavy (non-hydrogen) atoms. The summed E-state index contributed by atoms with van der Waals surface area (Å²) in [7, 11) is 0. The highest BCUT2D eigenvalue weighted by molar-refractivity contribution is 5.89. The van der Waals surface area contributed by atoms with E-state index in [1.165, 1.54) is 0 Å². The van der Waals surface area contributed by atoms with Crippen LogP contribution in [0.3, 0.4) is 0 Å². The lowest BCUT2D eigenvalue weighted by Gasteiger charge is -2.17. The van der Waals surface area contributed by atoms with Crippen LogP contribution >= 0.6 is 0 Å². The molecule has 0 fully saturated rings. The summed E-state index contributed by atoms with van der Waals surface area (Å²) in [6.07, 6.45) is -0.724. The lowest BCUT2D eigenvalue weighted by molar-refractivity contribution is 0.183. The number of hydrogen-bond donors (Lipinski definition) is 2. The SMILES string of the molecule is CC(NC(=O)Nc1ccc(F)c(F)c1F)Oc1ccc(C(C)C)cc1. The molecule has 0 spiro atoms. The Hall–Kier alpha value is -2.70. The Morgan fingerprint density at radius 3 is 2.20 bits per heavy atom. The second kappa shape index (κ2) is 7.92. The number of carbonyl (C=O) groups is 1. The number of nitrogens with one attached hydrogen (secondary N) is 2. The molecule has 0 aliphatic carbocycles. The minimum Gasteiger partial charge on any atom is -0.471 e. The van der Waals surface area contributed by atoms with Crippen LogP contribution in [0.1, 0.15) is 32.3 Å². The molecule has 0 heterocycles. The van der Waals surface area contributed by atoms with Crippen LogP contribution in [0.4, 0.5) is 23.7 Å². The molecule has 0 radical (unpaired) electrons. The lowest BCUT2D eigenvalue weighted by atomic mass is 10.0. The van der Waals surface area contributed by atoms with Gasteiger partial charge in [0.1, 0.15) is 5.75 Å². The predicted molar refractivity (Wildman–Crippen MR) is 89.1 cm³/mol. The average Bonchev–Trinajstić information content (AvgIpc) is 2.55. The molecule has 2 amide bonds. The van der Waals surface area contributed by atoms with E-state index >= 15 is 0 Å². The molecule has 0 aromatic heterocycles. The van der Waals surface area contributed by atoms with Crippen molar-refractivity contribution in [3.63, 3.8) is 0 Å². The third-order valence-corrected chi connectivity index (χ3v) is 3.48. The first kappa shape index (κ1) is 18.6. The zero-order valence-corrected chi connectivity index (χ0v) is 14.1. The van der Waals surface area contributed by atoms with Gasteiger partial charge in [-0.3, -0.25) is 0 Å². The van der Waals surface area contributed by atoms with Crippen LogP contribution in [-0.4, -0.2) is 12.3 Å². The van der Waals surface area contributed by atoms with E-state index in [1.807, 2.05) is 12.1 Å². The first-order chi connectivity index (χ1) is 11.8. The molecule has 1 unspecified atom stereocenters. The van der Waals surface area contributed by atoms with Crippen LogP contribution in [0.25, 0.3) is 0 Å². The van der Waals surface area contributed by atoms with Gasteiger partial charge in [-0.15, -0.1) is 0 Å². The van der Waals surface area contributed by atoms with Gasteiger partial charge in [-0.1, -0.05) is 26.0 Å². The van der Waals surface area contributed by atoms with Crippen molar-refractivity contribution in [2.75, 3.05) is 5.32 Å². The summed E-state index contributed by atoms with van der Waals surface area (Å²) >= 11 is 0. The molecule has 0 saturated heterocycles. The van der Waals surface area contributed by atoms with Crippen molar-refractivity contribution in [3.8, 4) is 5.75 Å². The molecular formula is C18H19F3N2O2. The van der Waals surface area contributed by atoms with Crippen molar-refractivity contribution < 1.29 is 22.7 Å². The Balaban J connectivity index is 1.93. The molecule has 7 heteroatoms. The highest BCUT2D eigenvalue weighted by Crippen LogP contribution is 2.20. The van der Waals surface area contributed by atoms with E-state index in [4.69, 9.17) is 4.74 Å². The monoisotopic (exact) mass is 352 g/mol. The van der Waals surface area contributed by atoms with Gasteiger partial charge >= 0.3 is 6.03 Å². The van der Waals surface area contributed by atoms with Crippen molar-refractivity contribution in [2.24, 2.45) is 0 Å². The first-order valence-corrected chi connectivity index (χ1v) is 7.75. The second-order valence-corrected chi connectivity index (χ2v) is 5.81. The summed E-state index contributed by atoms with van der Waals surface area (Å²) in [5, 5.41) is 4.53. The zero-order valence-electron chi connectivity index (χ0n) is 14.1. The summed E-state index contributed by atoms with van der Waals surface area (Å²) in [4.78, 5) is 11.8. The number of ether oxygens (including phenoxy) is 1. The Kier molecular flexibility index (Phi) is 5.90.